The second-order valence-electron chi connectivity index (χ2n) is 9.26. The summed E-state index contributed by atoms with van der Waals surface area (Å²) in [5, 5.41) is 27.0. The molecule has 4 heterocycles. The molecule has 0 amide bonds. The third-order valence-corrected chi connectivity index (χ3v) is 9.40. The monoisotopic (exact) mass is 533 g/mol. The minimum atomic E-state index is 0.0376. The fourth-order valence-corrected chi connectivity index (χ4v) is 7.82. The van der Waals surface area contributed by atoms with Crippen molar-refractivity contribution in [2.75, 3.05) is 0 Å². The van der Waals surface area contributed by atoms with Crippen LogP contribution in [0.5, 0.6) is 0 Å². The van der Waals surface area contributed by atoms with Crippen LogP contribution in [-0.2, 0) is 0 Å². The Labute approximate surface area is 230 Å². The predicted molar refractivity (Wildman–Crippen MR) is 160 cm³/mol. The highest BCUT2D eigenvalue weighted by atomic mass is 32.1. The van der Waals surface area contributed by atoms with Crippen LogP contribution in [0.1, 0.15) is 11.4 Å². The number of fused-ring (bicyclic) bond motifs is 8. The summed E-state index contributed by atoms with van der Waals surface area (Å²) in [6, 6.07) is 31.9. The first kappa shape index (κ1) is 22.0. The third-order valence-electron chi connectivity index (χ3n) is 7.26. The number of benzene rings is 4. The van der Waals surface area contributed by atoms with E-state index in [1.165, 1.54) is 36.5 Å². The van der Waals surface area contributed by atoms with E-state index in [4.69, 9.17) is 0 Å². The molecule has 4 aromatic heterocycles. The average Bonchev–Trinajstić information content (AvgIpc) is 3.68. The van der Waals surface area contributed by atoms with Crippen molar-refractivity contribution in [3.8, 4) is 29.1 Å². The van der Waals surface area contributed by atoms with Gasteiger partial charge < -0.3 is 4.57 Å². The van der Waals surface area contributed by atoms with E-state index in [9.17, 15) is 10.5 Å². The van der Waals surface area contributed by atoms with Gasteiger partial charge in [-0.25, -0.2) is 9.97 Å². The molecule has 0 N–H and O–H groups in total. The van der Waals surface area contributed by atoms with Gasteiger partial charge in [0.25, 0.3) is 0 Å². The van der Waals surface area contributed by atoms with Crippen LogP contribution in [0.2, 0.25) is 0 Å². The Bertz CT molecular complexity index is 2380. The van der Waals surface area contributed by atoms with Crippen LogP contribution in [0, 0.1) is 22.7 Å². The van der Waals surface area contributed by atoms with E-state index in [1.807, 2.05) is 23.5 Å². The third kappa shape index (κ3) is 3.03. The number of hydrogen-bond acceptors (Lipinski definition) is 6. The van der Waals surface area contributed by atoms with Crippen molar-refractivity contribution in [1.82, 2.24) is 14.5 Å². The molecule has 0 saturated heterocycles. The zero-order valence-corrected chi connectivity index (χ0v) is 21.8. The van der Waals surface area contributed by atoms with Crippen LogP contribution in [-0.4, -0.2) is 14.5 Å². The average molecular weight is 534 g/mol. The number of nitrogens with zero attached hydrogens (tertiary/aromatic N) is 5. The Morgan fingerprint density at radius 1 is 0.718 bits per heavy atom. The van der Waals surface area contributed by atoms with Crippen molar-refractivity contribution < 1.29 is 0 Å². The summed E-state index contributed by atoms with van der Waals surface area (Å²) in [6.07, 6.45) is 1.59. The lowest BCUT2D eigenvalue weighted by Crippen LogP contribution is -1.98. The molecular weight excluding hydrogens is 519 g/mol. The van der Waals surface area contributed by atoms with E-state index in [0.717, 1.165) is 26.9 Å². The molecule has 0 bridgehead atoms. The fourth-order valence-electron chi connectivity index (χ4n) is 5.60. The zero-order valence-electron chi connectivity index (χ0n) is 20.2. The molecule has 0 radical (unpaired) electrons. The number of aromatic nitrogens is 3. The van der Waals surface area contributed by atoms with Gasteiger partial charge in [-0.15, -0.1) is 22.7 Å². The highest BCUT2D eigenvalue weighted by Crippen LogP contribution is 2.45. The maximum absolute atomic E-state index is 9.58. The van der Waals surface area contributed by atoms with Crippen LogP contribution in [0.25, 0.3) is 69.0 Å². The molecule has 5 nitrogen and oxygen atoms in total. The fraction of sp³-hybridized carbons (Fsp3) is 0. The summed E-state index contributed by atoms with van der Waals surface area (Å²) in [4.78, 5) is 8.78. The van der Waals surface area contributed by atoms with Crippen molar-refractivity contribution in [3.05, 3.63) is 102 Å². The Kier molecular flexibility index (Phi) is 4.62. The number of para-hydroxylation sites is 1. The number of rotatable bonds is 2. The highest BCUT2D eigenvalue weighted by Gasteiger charge is 2.21. The molecule has 0 saturated carbocycles. The predicted octanol–water partition coefficient (Wildman–Crippen LogP) is 8.57. The van der Waals surface area contributed by atoms with Gasteiger partial charge in [0.15, 0.2) is 11.4 Å². The maximum Gasteiger partial charge on any atom is 0.177 e. The Morgan fingerprint density at radius 3 is 2.36 bits per heavy atom. The van der Waals surface area contributed by atoms with Gasteiger partial charge in [-0.3, -0.25) is 0 Å². The largest absolute Gasteiger partial charge is 0.307 e. The molecule has 8 rings (SSSR count). The second-order valence-corrected chi connectivity index (χ2v) is 11.2. The van der Waals surface area contributed by atoms with E-state index in [2.05, 4.69) is 98.8 Å². The lowest BCUT2D eigenvalue weighted by Gasteiger charge is -2.12. The van der Waals surface area contributed by atoms with E-state index in [1.54, 1.807) is 17.5 Å². The quantitative estimate of drug-likeness (QED) is 0.223. The number of hydrogen-bond donors (Lipinski definition) is 0. The van der Waals surface area contributed by atoms with Crippen molar-refractivity contribution >= 4 is 74.7 Å². The SMILES string of the molecule is N#Cc1ncc(-c2csc3cccc(-n4c5ccccc5c5ccc6c7ccccc7sc6c54)c23)nc1C#N. The first-order chi connectivity index (χ1) is 19.3. The minimum absolute atomic E-state index is 0.0376. The molecule has 8 aromatic rings. The van der Waals surface area contributed by atoms with E-state index in [0.29, 0.717) is 5.69 Å². The molecule has 0 spiro atoms. The summed E-state index contributed by atoms with van der Waals surface area (Å²) < 4.78 is 6.01. The number of thiophene rings is 2. The topological polar surface area (TPSA) is 78.3 Å². The molecule has 0 aliphatic rings. The van der Waals surface area contributed by atoms with Crippen molar-refractivity contribution in [3.63, 3.8) is 0 Å². The smallest absolute Gasteiger partial charge is 0.177 e. The van der Waals surface area contributed by atoms with Crippen molar-refractivity contribution in [1.29, 1.82) is 10.5 Å². The lowest BCUT2D eigenvalue weighted by atomic mass is 10.1. The molecule has 0 fully saturated rings. The molecule has 0 unspecified atom stereocenters. The molecule has 0 aliphatic heterocycles. The van der Waals surface area contributed by atoms with Gasteiger partial charge in [0.1, 0.15) is 12.1 Å². The molecule has 0 atom stereocenters. The molecule has 39 heavy (non-hydrogen) atoms. The van der Waals surface area contributed by atoms with Crippen molar-refractivity contribution in [2.24, 2.45) is 0 Å². The molecular formula is C32H15N5S2. The normalized spacial score (nSPS) is 11.5. The highest BCUT2D eigenvalue weighted by molar-refractivity contribution is 7.26. The molecule has 4 aromatic carbocycles. The molecule has 180 valence electrons. The standard InChI is InChI=1S/C32H15N5S2/c33-14-23-24(15-34)36-25(16-35-23)22-17-38-29-11-5-9-27(30(22)29)37-26-8-3-1-6-18(26)20-12-13-21-19-7-2-4-10-28(19)39-32(21)31(20)37/h1-13,16-17H. The second kappa shape index (κ2) is 8.21. The molecule has 0 aliphatic carbocycles. The first-order valence-electron chi connectivity index (χ1n) is 12.3. The summed E-state index contributed by atoms with van der Waals surface area (Å²) in [5.41, 5.74) is 4.91. The Balaban J connectivity index is 1.53. The summed E-state index contributed by atoms with van der Waals surface area (Å²) in [7, 11) is 0. The van der Waals surface area contributed by atoms with Crippen LogP contribution in [0.4, 0.5) is 0 Å². The minimum Gasteiger partial charge on any atom is -0.307 e. The van der Waals surface area contributed by atoms with Crippen LogP contribution in [0.15, 0.2) is 90.4 Å². The van der Waals surface area contributed by atoms with Crippen LogP contribution >= 0.6 is 22.7 Å². The summed E-state index contributed by atoms with van der Waals surface area (Å²) in [5.74, 6) is 0. The zero-order chi connectivity index (χ0) is 26.1. The van der Waals surface area contributed by atoms with E-state index < -0.39 is 0 Å². The molecule has 7 heteroatoms. The van der Waals surface area contributed by atoms with E-state index in [-0.39, 0.29) is 11.4 Å². The van der Waals surface area contributed by atoms with Gasteiger partial charge in [0, 0.05) is 47.3 Å². The number of nitriles is 2. The first-order valence-corrected chi connectivity index (χ1v) is 14.0. The lowest BCUT2D eigenvalue weighted by molar-refractivity contribution is 1.14. The maximum atomic E-state index is 9.58. The van der Waals surface area contributed by atoms with Gasteiger partial charge >= 0.3 is 0 Å². The van der Waals surface area contributed by atoms with E-state index >= 15 is 0 Å². The van der Waals surface area contributed by atoms with Gasteiger partial charge in [0.05, 0.1) is 33.3 Å². The van der Waals surface area contributed by atoms with Crippen molar-refractivity contribution in [2.45, 2.75) is 0 Å². The summed E-state index contributed by atoms with van der Waals surface area (Å²) in [6.45, 7) is 0. The Morgan fingerprint density at radius 2 is 1.49 bits per heavy atom. The van der Waals surface area contributed by atoms with Gasteiger partial charge in [-0.05, 0) is 24.3 Å². The van der Waals surface area contributed by atoms with Crippen LogP contribution < -0.4 is 0 Å². The van der Waals surface area contributed by atoms with Crippen LogP contribution in [0.3, 0.4) is 0 Å². The van der Waals surface area contributed by atoms with Gasteiger partial charge in [-0.1, -0.05) is 54.6 Å². The summed E-state index contributed by atoms with van der Waals surface area (Å²) >= 11 is 3.46. The Hall–Kier alpha value is -5.08. The van der Waals surface area contributed by atoms with Gasteiger partial charge in [0.2, 0.25) is 0 Å². The van der Waals surface area contributed by atoms with Gasteiger partial charge in [-0.2, -0.15) is 10.5 Å².